The van der Waals surface area contributed by atoms with Crippen LogP contribution in [0.3, 0.4) is 0 Å². The molecule has 0 saturated carbocycles. The highest BCUT2D eigenvalue weighted by Gasteiger charge is 2.06. The Kier molecular flexibility index (Phi) is 3.25. The van der Waals surface area contributed by atoms with Gasteiger partial charge in [-0.1, -0.05) is 34.1 Å². The molecule has 0 unspecified atom stereocenters. The summed E-state index contributed by atoms with van der Waals surface area (Å²) < 4.78 is 8.45. The number of halogens is 1. The normalized spacial score (nSPS) is 10.8. The smallest absolute Gasteiger partial charge is 0.213 e. The number of fused-ring (bicyclic) bond motifs is 1. The van der Waals surface area contributed by atoms with E-state index >= 15 is 0 Å². The van der Waals surface area contributed by atoms with E-state index in [2.05, 4.69) is 43.8 Å². The quantitative estimate of drug-likeness (QED) is 0.733. The number of methoxy groups -OCH3 is 1. The highest BCUT2D eigenvalue weighted by atomic mass is 79.9. The Morgan fingerprint density at radius 1 is 1.16 bits per heavy atom. The lowest BCUT2D eigenvalue weighted by atomic mass is 10.2. The second-order valence-corrected chi connectivity index (χ2v) is 5.15. The SMILES string of the molecule is COc1ccc2c(ccn2Cc2ccccc2Br)n1. The third-order valence-electron chi connectivity index (χ3n) is 3.11. The van der Waals surface area contributed by atoms with Crippen molar-refractivity contribution in [2.24, 2.45) is 0 Å². The molecular formula is C15H13BrN2O. The molecule has 0 aliphatic heterocycles. The number of hydrogen-bond acceptors (Lipinski definition) is 2. The molecule has 0 spiro atoms. The van der Waals surface area contributed by atoms with Crippen molar-refractivity contribution in [2.45, 2.75) is 6.54 Å². The van der Waals surface area contributed by atoms with Gasteiger partial charge < -0.3 is 9.30 Å². The summed E-state index contributed by atoms with van der Waals surface area (Å²) in [7, 11) is 1.63. The monoisotopic (exact) mass is 316 g/mol. The van der Waals surface area contributed by atoms with Gasteiger partial charge in [-0.05, 0) is 23.8 Å². The van der Waals surface area contributed by atoms with E-state index in [1.807, 2.05) is 30.3 Å². The van der Waals surface area contributed by atoms with Crippen molar-refractivity contribution in [1.29, 1.82) is 0 Å². The van der Waals surface area contributed by atoms with Crippen molar-refractivity contribution in [1.82, 2.24) is 9.55 Å². The fourth-order valence-electron chi connectivity index (χ4n) is 2.12. The van der Waals surface area contributed by atoms with Crippen molar-refractivity contribution in [2.75, 3.05) is 7.11 Å². The number of nitrogens with zero attached hydrogens (tertiary/aromatic N) is 2. The zero-order chi connectivity index (χ0) is 13.2. The zero-order valence-electron chi connectivity index (χ0n) is 10.5. The van der Waals surface area contributed by atoms with E-state index in [1.165, 1.54) is 5.56 Å². The maximum absolute atomic E-state index is 5.14. The Morgan fingerprint density at radius 3 is 2.79 bits per heavy atom. The summed E-state index contributed by atoms with van der Waals surface area (Å²) in [5.74, 6) is 0.645. The molecule has 0 atom stereocenters. The number of benzene rings is 1. The summed E-state index contributed by atoms with van der Waals surface area (Å²) in [5, 5.41) is 0. The fourth-order valence-corrected chi connectivity index (χ4v) is 2.53. The van der Waals surface area contributed by atoms with Crippen molar-refractivity contribution in [3.63, 3.8) is 0 Å². The van der Waals surface area contributed by atoms with Crippen molar-refractivity contribution < 1.29 is 4.74 Å². The Balaban J connectivity index is 2.00. The second kappa shape index (κ2) is 5.05. The molecule has 0 N–H and O–H groups in total. The lowest BCUT2D eigenvalue weighted by molar-refractivity contribution is 0.399. The summed E-state index contributed by atoms with van der Waals surface area (Å²) in [6.45, 7) is 0.818. The molecule has 2 heterocycles. The number of aromatic nitrogens is 2. The maximum atomic E-state index is 5.14. The first-order valence-electron chi connectivity index (χ1n) is 6.01. The Hall–Kier alpha value is -1.81. The van der Waals surface area contributed by atoms with E-state index < -0.39 is 0 Å². The molecule has 0 radical (unpaired) electrons. The Bertz CT molecular complexity index is 721. The summed E-state index contributed by atoms with van der Waals surface area (Å²) in [6, 6.07) is 14.2. The molecule has 0 saturated heterocycles. The van der Waals surface area contributed by atoms with Gasteiger partial charge in [-0.2, -0.15) is 0 Å². The van der Waals surface area contributed by atoms with Gasteiger partial charge in [-0.3, -0.25) is 0 Å². The molecule has 0 amide bonds. The Labute approximate surface area is 120 Å². The first kappa shape index (κ1) is 12.2. The molecule has 3 aromatic rings. The third-order valence-corrected chi connectivity index (χ3v) is 3.88. The van der Waals surface area contributed by atoms with Crippen molar-refractivity contribution >= 4 is 27.0 Å². The van der Waals surface area contributed by atoms with Crippen LogP contribution in [0.1, 0.15) is 5.56 Å². The van der Waals surface area contributed by atoms with Crippen LogP contribution in [0.2, 0.25) is 0 Å². The van der Waals surface area contributed by atoms with Crippen LogP contribution in [-0.4, -0.2) is 16.7 Å². The van der Waals surface area contributed by atoms with Crippen LogP contribution in [0, 0.1) is 0 Å². The highest BCUT2D eigenvalue weighted by Crippen LogP contribution is 2.22. The molecule has 0 fully saturated rings. The molecule has 0 aliphatic carbocycles. The van der Waals surface area contributed by atoms with Crippen LogP contribution < -0.4 is 4.74 Å². The minimum atomic E-state index is 0.645. The lowest BCUT2D eigenvalue weighted by Gasteiger charge is -2.07. The summed E-state index contributed by atoms with van der Waals surface area (Å²) >= 11 is 3.58. The van der Waals surface area contributed by atoms with Gasteiger partial charge in [0, 0.05) is 23.3 Å². The predicted octanol–water partition coefficient (Wildman–Crippen LogP) is 3.86. The maximum Gasteiger partial charge on any atom is 0.213 e. The molecule has 1 aromatic carbocycles. The van der Waals surface area contributed by atoms with E-state index in [9.17, 15) is 0 Å². The van der Waals surface area contributed by atoms with Crippen LogP contribution in [0.4, 0.5) is 0 Å². The average Bonchev–Trinajstić information content (AvgIpc) is 2.83. The van der Waals surface area contributed by atoms with Gasteiger partial charge in [0.2, 0.25) is 5.88 Å². The standard InChI is InChI=1S/C15H13BrN2O/c1-19-15-7-6-14-13(17-15)8-9-18(14)10-11-4-2-3-5-12(11)16/h2-9H,10H2,1H3. The van der Waals surface area contributed by atoms with Gasteiger partial charge in [-0.25, -0.2) is 4.98 Å². The molecule has 96 valence electrons. The van der Waals surface area contributed by atoms with E-state index in [0.29, 0.717) is 5.88 Å². The molecule has 4 heteroatoms. The summed E-state index contributed by atoms with van der Waals surface area (Å²) in [6.07, 6.45) is 2.05. The summed E-state index contributed by atoms with van der Waals surface area (Å²) in [5.41, 5.74) is 3.30. The predicted molar refractivity (Wildman–Crippen MR) is 79.5 cm³/mol. The lowest BCUT2D eigenvalue weighted by Crippen LogP contribution is -1.99. The van der Waals surface area contributed by atoms with E-state index in [0.717, 1.165) is 22.1 Å². The van der Waals surface area contributed by atoms with Crippen LogP contribution >= 0.6 is 15.9 Å². The molecule has 2 aromatic heterocycles. The fraction of sp³-hybridized carbons (Fsp3) is 0.133. The first-order chi connectivity index (χ1) is 9.28. The number of hydrogen-bond donors (Lipinski definition) is 0. The second-order valence-electron chi connectivity index (χ2n) is 4.29. The van der Waals surface area contributed by atoms with Crippen molar-refractivity contribution in [3.05, 3.63) is 58.7 Å². The van der Waals surface area contributed by atoms with Crippen LogP contribution in [0.15, 0.2) is 53.1 Å². The molecule has 0 aliphatic rings. The topological polar surface area (TPSA) is 27.1 Å². The largest absolute Gasteiger partial charge is 0.481 e. The van der Waals surface area contributed by atoms with Crippen LogP contribution in [-0.2, 0) is 6.54 Å². The van der Waals surface area contributed by atoms with Gasteiger partial charge in [-0.15, -0.1) is 0 Å². The highest BCUT2D eigenvalue weighted by molar-refractivity contribution is 9.10. The van der Waals surface area contributed by atoms with Crippen LogP contribution in [0.5, 0.6) is 5.88 Å². The zero-order valence-corrected chi connectivity index (χ0v) is 12.1. The van der Waals surface area contributed by atoms with Gasteiger partial charge in [0.05, 0.1) is 18.1 Å². The Morgan fingerprint density at radius 2 is 2.00 bits per heavy atom. The average molecular weight is 317 g/mol. The molecule has 3 nitrogen and oxygen atoms in total. The first-order valence-corrected chi connectivity index (χ1v) is 6.80. The summed E-state index contributed by atoms with van der Waals surface area (Å²) in [4.78, 5) is 4.42. The number of ether oxygens (including phenoxy) is 1. The van der Waals surface area contributed by atoms with Gasteiger partial charge in [0.15, 0.2) is 0 Å². The van der Waals surface area contributed by atoms with Crippen molar-refractivity contribution in [3.8, 4) is 5.88 Å². The van der Waals surface area contributed by atoms with Crippen LogP contribution in [0.25, 0.3) is 11.0 Å². The van der Waals surface area contributed by atoms with E-state index in [1.54, 1.807) is 7.11 Å². The molecule has 3 rings (SSSR count). The minimum Gasteiger partial charge on any atom is -0.481 e. The van der Waals surface area contributed by atoms with E-state index in [4.69, 9.17) is 4.74 Å². The molecular weight excluding hydrogens is 304 g/mol. The number of rotatable bonds is 3. The minimum absolute atomic E-state index is 0.645. The number of pyridine rings is 1. The van der Waals surface area contributed by atoms with Gasteiger partial charge in [0.25, 0.3) is 0 Å². The van der Waals surface area contributed by atoms with E-state index in [-0.39, 0.29) is 0 Å². The molecule has 0 bridgehead atoms. The van der Waals surface area contributed by atoms with Gasteiger partial charge in [0.1, 0.15) is 0 Å². The third kappa shape index (κ3) is 2.36. The molecule has 19 heavy (non-hydrogen) atoms. The van der Waals surface area contributed by atoms with Gasteiger partial charge >= 0.3 is 0 Å².